The zero-order valence-corrected chi connectivity index (χ0v) is 21.0. The van der Waals surface area contributed by atoms with Gasteiger partial charge in [0.05, 0.1) is 30.0 Å². The molecule has 4 aromatic rings. The van der Waals surface area contributed by atoms with Gasteiger partial charge in [-0.05, 0) is 42.7 Å². The van der Waals surface area contributed by atoms with Gasteiger partial charge in [-0.3, -0.25) is 9.59 Å². The number of nitrogens with zero attached hydrogens (tertiary/aromatic N) is 3. The number of aromatic nitrogens is 2. The summed E-state index contributed by atoms with van der Waals surface area (Å²) in [5, 5.41) is 3.26. The highest BCUT2D eigenvalue weighted by molar-refractivity contribution is 5.82. The topological polar surface area (TPSA) is 76.5 Å². The number of carbonyl (C=O) groups is 2. The van der Waals surface area contributed by atoms with Crippen LogP contribution in [0.2, 0.25) is 0 Å². The summed E-state index contributed by atoms with van der Waals surface area (Å²) in [7, 11) is 1.98. The quantitative estimate of drug-likeness (QED) is 0.390. The molecule has 2 heterocycles. The summed E-state index contributed by atoms with van der Waals surface area (Å²) in [6.45, 7) is 1.40. The smallest absolute Gasteiger partial charge is 0.226 e. The summed E-state index contributed by atoms with van der Waals surface area (Å²) in [4.78, 5) is 33.1. The molecule has 1 aliphatic rings. The maximum absolute atomic E-state index is 13.5. The first-order valence-corrected chi connectivity index (χ1v) is 12.8. The van der Waals surface area contributed by atoms with E-state index in [1.807, 2.05) is 96.5 Å². The summed E-state index contributed by atoms with van der Waals surface area (Å²) in [6, 6.07) is 27.0. The SMILES string of the molecule is Cn1c(C(NC(=O)C2CCCN(C(=O)CCOc3ccccc3)C2)c2ccccc2)nc2ccccc21. The van der Waals surface area contributed by atoms with Crippen LogP contribution in [0.1, 0.15) is 36.7 Å². The third-order valence-electron chi connectivity index (χ3n) is 6.97. The standard InChI is InChI=1S/C30H32N4O3/c1-33-26-17-9-8-16-25(26)31-29(33)28(22-11-4-2-5-12-22)32-30(36)23-13-10-19-34(21-23)27(35)18-20-37-24-14-6-3-7-15-24/h2-9,11-12,14-17,23,28H,10,13,18-21H2,1H3,(H,32,36). The molecule has 0 aliphatic carbocycles. The van der Waals surface area contributed by atoms with Gasteiger partial charge in [0.1, 0.15) is 17.6 Å². The highest BCUT2D eigenvalue weighted by Gasteiger charge is 2.31. The maximum atomic E-state index is 13.5. The van der Waals surface area contributed by atoms with Crippen molar-refractivity contribution >= 4 is 22.8 Å². The first-order chi connectivity index (χ1) is 18.1. The molecule has 0 bridgehead atoms. The van der Waals surface area contributed by atoms with Crippen LogP contribution in [0.3, 0.4) is 0 Å². The fraction of sp³-hybridized carbons (Fsp3) is 0.300. The Morgan fingerprint density at radius 2 is 1.70 bits per heavy atom. The third-order valence-corrected chi connectivity index (χ3v) is 6.97. The van der Waals surface area contributed by atoms with Crippen molar-refractivity contribution in [3.8, 4) is 5.75 Å². The van der Waals surface area contributed by atoms with E-state index < -0.39 is 6.04 Å². The summed E-state index contributed by atoms with van der Waals surface area (Å²) < 4.78 is 7.73. The van der Waals surface area contributed by atoms with Crippen molar-refractivity contribution in [2.45, 2.75) is 25.3 Å². The van der Waals surface area contributed by atoms with Gasteiger partial charge in [-0.25, -0.2) is 4.98 Å². The first-order valence-electron chi connectivity index (χ1n) is 12.8. The molecule has 2 atom stereocenters. The molecule has 0 radical (unpaired) electrons. The van der Waals surface area contributed by atoms with E-state index in [0.717, 1.165) is 41.0 Å². The maximum Gasteiger partial charge on any atom is 0.226 e. The minimum atomic E-state index is -0.392. The predicted molar refractivity (Wildman–Crippen MR) is 143 cm³/mol. The van der Waals surface area contributed by atoms with Crippen molar-refractivity contribution in [1.82, 2.24) is 19.8 Å². The van der Waals surface area contributed by atoms with E-state index in [-0.39, 0.29) is 24.2 Å². The van der Waals surface area contributed by atoms with Gasteiger partial charge in [0.2, 0.25) is 11.8 Å². The number of benzene rings is 3. The second-order valence-electron chi connectivity index (χ2n) is 9.46. The number of rotatable bonds is 8. The highest BCUT2D eigenvalue weighted by Crippen LogP contribution is 2.26. The number of ether oxygens (including phenoxy) is 1. The molecule has 0 spiro atoms. The van der Waals surface area contributed by atoms with Gasteiger partial charge in [-0.1, -0.05) is 60.7 Å². The monoisotopic (exact) mass is 496 g/mol. The normalized spacial score (nSPS) is 16.4. The van der Waals surface area contributed by atoms with Gasteiger partial charge in [-0.2, -0.15) is 0 Å². The first kappa shape index (κ1) is 24.6. The van der Waals surface area contributed by atoms with Gasteiger partial charge in [0.25, 0.3) is 0 Å². The van der Waals surface area contributed by atoms with Crippen LogP contribution in [0, 0.1) is 5.92 Å². The molecule has 1 N–H and O–H groups in total. The van der Waals surface area contributed by atoms with Crippen LogP contribution in [-0.2, 0) is 16.6 Å². The number of para-hydroxylation sites is 3. The zero-order valence-electron chi connectivity index (χ0n) is 21.0. The Morgan fingerprint density at radius 3 is 2.46 bits per heavy atom. The average Bonchev–Trinajstić information content (AvgIpc) is 3.28. The van der Waals surface area contributed by atoms with Crippen molar-refractivity contribution in [3.05, 3.63) is 96.3 Å². The number of likely N-dealkylation sites (tertiary alicyclic amines) is 1. The fourth-order valence-electron chi connectivity index (χ4n) is 4.97. The molecule has 7 nitrogen and oxygen atoms in total. The van der Waals surface area contributed by atoms with Gasteiger partial charge >= 0.3 is 0 Å². The van der Waals surface area contributed by atoms with E-state index in [4.69, 9.17) is 9.72 Å². The molecule has 5 rings (SSSR count). The van der Waals surface area contributed by atoms with Crippen molar-refractivity contribution in [3.63, 3.8) is 0 Å². The number of imidazole rings is 1. The van der Waals surface area contributed by atoms with Gasteiger partial charge in [-0.15, -0.1) is 0 Å². The number of amides is 2. The lowest BCUT2D eigenvalue weighted by molar-refractivity contribution is -0.136. The van der Waals surface area contributed by atoms with Crippen molar-refractivity contribution in [1.29, 1.82) is 0 Å². The minimum absolute atomic E-state index is 0.0170. The van der Waals surface area contributed by atoms with Gasteiger partial charge in [0.15, 0.2) is 0 Å². The molecule has 2 unspecified atom stereocenters. The second kappa shape index (κ2) is 11.3. The van der Waals surface area contributed by atoms with Crippen molar-refractivity contribution in [2.24, 2.45) is 13.0 Å². The minimum Gasteiger partial charge on any atom is -0.493 e. The van der Waals surface area contributed by atoms with E-state index >= 15 is 0 Å². The van der Waals surface area contributed by atoms with E-state index in [0.29, 0.717) is 19.7 Å². The van der Waals surface area contributed by atoms with Crippen LogP contribution in [0.5, 0.6) is 5.75 Å². The molecule has 37 heavy (non-hydrogen) atoms. The number of piperidine rings is 1. The van der Waals surface area contributed by atoms with E-state index in [2.05, 4.69) is 5.32 Å². The lowest BCUT2D eigenvalue weighted by Gasteiger charge is -2.33. The summed E-state index contributed by atoms with van der Waals surface area (Å²) in [6.07, 6.45) is 1.83. The van der Waals surface area contributed by atoms with Crippen molar-refractivity contribution in [2.75, 3.05) is 19.7 Å². The van der Waals surface area contributed by atoms with Gasteiger partial charge < -0.3 is 19.5 Å². The summed E-state index contributed by atoms with van der Waals surface area (Å²) in [5.41, 5.74) is 2.87. The molecule has 2 amide bonds. The van der Waals surface area contributed by atoms with Crippen molar-refractivity contribution < 1.29 is 14.3 Å². The number of fused-ring (bicyclic) bond motifs is 1. The molecule has 1 aliphatic heterocycles. The molecule has 3 aromatic carbocycles. The Bertz CT molecular complexity index is 1350. The molecule has 1 saturated heterocycles. The Balaban J connectivity index is 1.27. The van der Waals surface area contributed by atoms with Crippen LogP contribution in [0.4, 0.5) is 0 Å². The van der Waals surface area contributed by atoms with E-state index in [1.54, 1.807) is 4.90 Å². The van der Waals surface area contributed by atoms with Crippen LogP contribution in [0.25, 0.3) is 11.0 Å². The Morgan fingerprint density at radius 1 is 1.00 bits per heavy atom. The number of hydrogen-bond acceptors (Lipinski definition) is 4. The number of aryl methyl sites for hydroxylation is 1. The van der Waals surface area contributed by atoms with Crippen LogP contribution >= 0.6 is 0 Å². The zero-order chi connectivity index (χ0) is 25.6. The second-order valence-corrected chi connectivity index (χ2v) is 9.46. The summed E-state index contributed by atoms with van der Waals surface area (Å²) >= 11 is 0. The van der Waals surface area contributed by atoms with E-state index in [1.165, 1.54) is 0 Å². The molecule has 190 valence electrons. The van der Waals surface area contributed by atoms with Crippen LogP contribution in [0.15, 0.2) is 84.9 Å². The molecular weight excluding hydrogens is 464 g/mol. The average molecular weight is 497 g/mol. The predicted octanol–water partition coefficient (Wildman–Crippen LogP) is 4.49. The lowest BCUT2D eigenvalue weighted by atomic mass is 9.95. The third kappa shape index (κ3) is 5.66. The number of hydrogen-bond donors (Lipinski definition) is 1. The lowest BCUT2D eigenvalue weighted by Crippen LogP contribution is -2.46. The molecule has 1 aromatic heterocycles. The van der Waals surface area contributed by atoms with Crippen LogP contribution < -0.4 is 10.1 Å². The number of carbonyl (C=O) groups excluding carboxylic acids is 2. The van der Waals surface area contributed by atoms with Gasteiger partial charge in [0, 0.05) is 20.1 Å². The molecule has 1 fully saturated rings. The Kier molecular flexibility index (Phi) is 7.49. The van der Waals surface area contributed by atoms with E-state index in [9.17, 15) is 9.59 Å². The fourth-order valence-corrected chi connectivity index (χ4v) is 4.97. The van der Waals surface area contributed by atoms with Crippen LogP contribution in [-0.4, -0.2) is 46.0 Å². The Hall–Kier alpha value is -4.13. The Labute approximate surface area is 217 Å². The highest BCUT2D eigenvalue weighted by atomic mass is 16.5. The number of nitrogens with one attached hydrogen (secondary N) is 1. The molecule has 7 heteroatoms. The largest absolute Gasteiger partial charge is 0.493 e. The molecule has 0 saturated carbocycles. The molecular formula is C30H32N4O3. The summed E-state index contributed by atoms with van der Waals surface area (Å²) in [5.74, 6) is 1.22.